The van der Waals surface area contributed by atoms with Gasteiger partial charge in [-0.05, 0) is 24.3 Å². The van der Waals surface area contributed by atoms with E-state index in [9.17, 15) is 20.0 Å². The molecule has 0 aliphatic carbocycles. The van der Waals surface area contributed by atoms with E-state index in [-0.39, 0.29) is 22.7 Å². The maximum Gasteiger partial charge on any atom is 0.282 e. The first-order chi connectivity index (χ1) is 13.5. The highest BCUT2D eigenvalue weighted by molar-refractivity contribution is 6.17. The number of phenolic OH excluding ortho intramolecular Hbond substituents is 1. The molecule has 0 saturated carbocycles. The number of aromatic hydroxyl groups is 1. The third-order valence-corrected chi connectivity index (χ3v) is 3.99. The fourth-order valence-corrected chi connectivity index (χ4v) is 2.64. The first-order valence-electron chi connectivity index (χ1n) is 8.23. The van der Waals surface area contributed by atoms with Gasteiger partial charge in [0.25, 0.3) is 11.6 Å². The highest BCUT2D eigenvalue weighted by atomic mass is 16.6. The summed E-state index contributed by atoms with van der Waals surface area (Å²) in [5, 5.41) is 25.5. The summed E-state index contributed by atoms with van der Waals surface area (Å²) in [7, 11) is 0. The highest BCUT2D eigenvalue weighted by Crippen LogP contribution is 2.24. The van der Waals surface area contributed by atoms with Crippen molar-refractivity contribution in [1.82, 2.24) is 5.43 Å². The number of rotatable bonds is 5. The summed E-state index contributed by atoms with van der Waals surface area (Å²) in [5.74, 6) is -0.806. The van der Waals surface area contributed by atoms with Gasteiger partial charge in [-0.2, -0.15) is 5.10 Å². The Kier molecular flexibility index (Phi) is 5.31. The van der Waals surface area contributed by atoms with E-state index in [0.717, 1.165) is 0 Å². The number of nitro benzene ring substituents is 1. The Morgan fingerprint density at radius 1 is 0.929 bits per heavy atom. The van der Waals surface area contributed by atoms with Crippen LogP contribution in [-0.4, -0.2) is 21.6 Å². The van der Waals surface area contributed by atoms with Crippen LogP contribution in [0.25, 0.3) is 0 Å². The predicted molar refractivity (Wildman–Crippen MR) is 105 cm³/mol. The molecule has 8 heteroatoms. The minimum Gasteiger partial charge on any atom is -0.507 e. The van der Waals surface area contributed by atoms with E-state index in [1.165, 1.54) is 30.3 Å². The SMILES string of the molecule is Nc1ccccc1/C(=N\NC(=O)c1ccccc1[N+](=O)[O-])c1ccccc1O. The monoisotopic (exact) mass is 376 g/mol. The van der Waals surface area contributed by atoms with E-state index in [0.29, 0.717) is 16.8 Å². The number of para-hydroxylation sites is 3. The fourth-order valence-electron chi connectivity index (χ4n) is 2.64. The first-order valence-corrected chi connectivity index (χ1v) is 8.23. The molecule has 0 bridgehead atoms. The zero-order chi connectivity index (χ0) is 20.1. The molecule has 0 aliphatic rings. The normalized spacial score (nSPS) is 11.1. The number of carbonyl (C=O) groups excluding carboxylic acids is 1. The minimum absolute atomic E-state index is 0.0514. The number of nitro groups is 1. The molecule has 28 heavy (non-hydrogen) atoms. The molecule has 0 saturated heterocycles. The molecule has 0 radical (unpaired) electrons. The predicted octanol–water partition coefficient (Wildman–Crippen LogP) is 3.07. The van der Waals surface area contributed by atoms with Crippen LogP contribution >= 0.6 is 0 Å². The zero-order valence-corrected chi connectivity index (χ0v) is 14.6. The molecular formula is C20H16N4O4. The molecule has 4 N–H and O–H groups in total. The molecule has 0 fully saturated rings. The van der Waals surface area contributed by atoms with Crippen LogP contribution in [0.15, 0.2) is 77.9 Å². The molecule has 0 aromatic heterocycles. The van der Waals surface area contributed by atoms with Gasteiger partial charge in [-0.3, -0.25) is 14.9 Å². The molecule has 1 amide bonds. The molecule has 8 nitrogen and oxygen atoms in total. The second-order valence-corrected chi connectivity index (χ2v) is 5.78. The second kappa shape index (κ2) is 8.00. The van der Waals surface area contributed by atoms with Crippen LogP contribution in [0.3, 0.4) is 0 Å². The topological polar surface area (TPSA) is 131 Å². The van der Waals surface area contributed by atoms with E-state index in [1.54, 1.807) is 42.5 Å². The van der Waals surface area contributed by atoms with E-state index in [1.807, 2.05) is 0 Å². The van der Waals surface area contributed by atoms with E-state index in [4.69, 9.17) is 5.73 Å². The third kappa shape index (κ3) is 3.80. The number of benzene rings is 3. The summed E-state index contributed by atoms with van der Waals surface area (Å²) in [6.07, 6.45) is 0. The lowest BCUT2D eigenvalue weighted by Crippen LogP contribution is -2.22. The van der Waals surface area contributed by atoms with Gasteiger partial charge in [-0.25, -0.2) is 5.43 Å². The largest absolute Gasteiger partial charge is 0.507 e. The molecule has 0 unspecified atom stereocenters. The number of nitrogens with zero attached hydrogens (tertiary/aromatic N) is 2. The molecule has 0 spiro atoms. The van der Waals surface area contributed by atoms with Crippen molar-refractivity contribution < 1.29 is 14.8 Å². The van der Waals surface area contributed by atoms with Gasteiger partial charge in [0.2, 0.25) is 0 Å². The van der Waals surface area contributed by atoms with Crippen LogP contribution in [0.4, 0.5) is 11.4 Å². The van der Waals surface area contributed by atoms with E-state index >= 15 is 0 Å². The number of hydrogen-bond donors (Lipinski definition) is 3. The van der Waals surface area contributed by atoms with Crippen LogP contribution in [0, 0.1) is 10.1 Å². The van der Waals surface area contributed by atoms with Crippen LogP contribution in [-0.2, 0) is 0 Å². The Bertz CT molecular complexity index is 1030. The van der Waals surface area contributed by atoms with Crippen molar-refractivity contribution in [2.45, 2.75) is 0 Å². The molecule has 0 aliphatic heterocycles. The molecule has 0 heterocycles. The summed E-state index contributed by atoms with van der Waals surface area (Å²) >= 11 is 0. The number of nitrogen functional groups attached to an aromatic ring is 1. The van der Waals surface area contributed by atoms with Crippen LogP contribution in [0.2, 0.25) is 0 Å². The van der Waals surface area contributed by atoms with Gasteiger partial charge in [0.05, 0.1) is 4.92 Å². The van der Waals surface area contributed by atoms with Gasteiger partial charge >= 0.3 is 0 Å². The average Bonchev–Trinajstić information content (AvgIpc) is 2.70. The van der Waals surface area contributed by atoms with E-state index in [2.05, 4.69) is 10.5 Å². The van der Waals surface area contributed by atoms with Crippen LogP contribution in [0.5, 0.6) is 5.75 Å². The maximum absolute atomic E-state index is 12.5. The Morgan fingerprint density at radius 2 is 1.50 bits per heavy atom. The summed E-state index contributed by atoms with van der Waals surface area (Å²) in [5.41, 5.74) is 9.34. The summed E-state index contributed by atoms with van der Waals surface area (Å²) < 4.78 is 0. The van der Waals surface area contributed by atoms with Gasteiger partial charge in [0.1, 0.15) is 17.0 Å². The number of hydrazone groups is 1. The van der Waals surface area contributed by atoms with Crippen molar-refractivity contribution in [3.8, 4) is 5.75 Å². The van der Waals surface area contributed by atoms with Crippen molar-refractivity contribution in [3.63, 3.8) is 0 Å². The number of anilines is 1. The number of carbonyl (C=O) groups is 1. The summed E-state index contributed by atoms with van der Waals surface area (Å²) in [4.78, 5) is 23.0. The molecule has 140 valence electrons. The van der Waals surface area contributed by atoms with Gasteiger partial charge < -0.3 is 10.8 Å². The van der Waals surface area contributed by atoms with Crippen molar-refractivity contribution in [2.75, 3.05) is 5.73 Å². The number of phenols is 1. The van der Waals surface area contributed by atoms with Crippen LogP contribution in [0.1, 0.15) is 21.5 Å². The fraction of sp³-hybridized carbons (Fsp3) is 0. The van der Waals surface area contributed by atoms with Gasteiger partial charge in [-0.1, -0.05) is 42.5 Å². The molecule has 3 aromatic carbocycles. The summed E-state index contributed by atoms with van der Waals surface area (Å²) in [6.45, 7) is 0. The van der Waals surface area contributed by atoms with Crippen molar-refractivity contribution >= 4 is 23.0 Å². The van der Waals surface area contributed by atoms with Gasteiger partial charge in [0, 0.05) is 22.9 Å². The highest BCUT2D eigenvalue weighted by Gasteiger charge is 2.20. The average molecular weight is 376 g/mol. The Labute approximate surface area is 160 Å². The third-order valence-electron chi connectivity index (χ3n) is 3.99. The lowest BCUT2D eigenvalue weighted by Gasteiger charge is -2.11. The zero-order valence-electron chi connectivity index (χ0n) is 14.6. The standard InChI is InChI=1S/C20H16N4O4/c21-16-10-4-1-7-13(16)19(15-9-3-6-12-18(15)25)22-23-20(26)14-8-2-5-11-17(14)24(27)28/h1-12,25H,21H2,(H,23,26)/b22-19+. The van der Waals surface area contributed by atoms with Gasteiger partial charge in [-0.15, -0.1) is 0 Å². The van der Waals surface area contributed by atoms with Crippen molar-refractivity contribution in [2.24, 2.45) is 5.10 Å². The van der Waals surface area contributed by atoms with Gasteiger partial charge in [0.15, 0.2) is 0 Å². The lowest BCUT2D eigenvalue weighted by atomic mass is 10.00. The number of nitrogens with one attached hydrogen (secondary N) is 1. The number of amides is 1. The molecule has 3 rings (SSSR count). The second-order valence-electron chi connectivity index (χ2n) is 5.78. The number of nitrogens with two attached hydrogens (primary N) is 1. The minimum atomic E-state index is -0.755. The maximum atomic E-state index is 12.5. The van der Waals surface area contributed by atoms with Crippen molar-refractivity contribution in [1.29, 1.82) is 0 Å². The quantitative estimate of drug-likeness (QED) is 0.273. The smallest absolute Gasteiger partial charge is 0.282 e. The molecular weight excluding hydrogens is 360 g/mol. The first kappa shape index (κ1) is 18.6. The number of hydrogen-bond acceptors (Lipinski definition) is 6. The Balaban J connectivity index is 2.04. The van der Waals surface area contributed by atoms with E-state index < -0.39 is 10.8 Å². The summed E-state index contributed by atoms with van der Waals surface area (Å²) in [6, 6.07) is 18.8. The molecule has 0 atom stereocenters. The van der Waals surface area contributed by atoms with Crippen LogP contribution < -0.4 is 11.2 Å². The van der Waals surface area contributed by atoms with Crippen molar-refractivity contribution in [3.05, 3.63) is 99.6 Å². The lowest BCUT2D eigenvalue weighted by molar-refractivity contribution is -0.385. The molecule has 3 aromatic rings. The Hall–Kier alpha value is -4.20. The Morgan fingerprint density at radius 3 is 2.14 bits per heavy atom.